The highest BCUT2D eigenvalue weighted by Gasteiger charge is 2.15. The van der Waals surface area contributed by atoms with E-state index in [4.69, 9.17) is 14.6 Å². The molecule has 126 valence electrons. The standard InChI is InChI=1S/C19H16N2O3S/c1-10-3-4-11(2)16-14(10)9-15(24-16)17-20-18(25-21-17)12-5-7-13(8-6-12)19(22)23/h3-9,19,22-23H,1-2H3. The van der Waals surface area contributed by atoms with Crippen molar-refractivity contribution in [3.63, 3.8) is 0 Å². The topological polar surface area (TPSA) is 79.4 Å². The first kappa shape index (κ1) is 16.0. The first-order chi connectivity index (χ1) is 12.0. The minimum Gasteiger partial charge on any atom is -0.452 e. The molecule has 0 bridgehead atoms. The maximum atomic E-state index is 9.17. The fraction of sp³-hybridized carbons (Fsp3) is 0.158. The van der Waals surface area contributed by atoms with Gasteiger partial charge >= 0.3 is 0 Å². The molecule has 0 aliphatic heterocycles. The lowest BCUT2D eigenvalue weighted by atomic mass is 10.1. The van der Waals surface area contributed by atoms with Crippen molar-refractivity contribution in [1.29, 1.82) is 0 Å². The zero-order valence-corrected chi connectivity index (χ0v) is 14.5. The predicted octanol–water partition coefficient (Wildman–Crippen LogP) is 4.22. The lowest BCUT2D eigenvalue weighted by molar-refractivity contribution is -0.0424. The zero-order chi connectivity index (χ0) is 17.6. The number of aryl methyl sites for hydroxylation is 2. The van der Waals surface area contributed by atoms with Crippen LogP contribution in [0.15, 0.2) is 46.9 Å². The average molecular weight is 352 g/mol. The molecule has 0 unspecified atom stereocenters. The Morgan fingerprint density at radius 3 is 2.40 bits per heavy atom. The van der Waals surface area contributed by atoms with Crippen molar-refractivity contribution in [3.05, 3.63) is 59.2 Å². The average Bonchev–Trinajstić information content (AvgIpc) is 3.26. The van der Waals surface area contributed by atoms with E-state index in [0.29, 0.717) is 17.1 Å². The van der Waals surface area contributed by atoms with Gasteiger partial charge in [0.25, 0.3) is 0 Å². The first-order valence-electron chi connectivity index (χ1n) is 7.83. The van der Waals surface area contributed by atoms with Gasteiger partial charge in [0.2, 0.25) is 5.82 Å². The van der Waals surface area contributed by atoms with E-state index in [1.807, 2.05) is 19.1 Å². The summed E-state index contributed by atoms with van der Waals surface area (Å²) in [6.07, 6.45) is -1.47. The molecule has 5 nitrogen and oxygen atoms in total. The molecule has 0 saturated carbocycles. The van der Waals surface area contributed by atoms with Gasteiger partial charge in [0.05, 0.1) is 0 Å². The summed E-state index contributed by atoms with van der Waals surface area (Å²) in [6, 6.07) is 13.0. The van der Waals surface area contributed by atoms with E-state index in [0.717, 1.165) is 32.7 Å². The fourth-order valence-corrected chi connectivity index (χ4v) is 3.41. The normalized spacial score (nSPS) is 11.6. The van der Waals surface area contributed by atoms with Crippen LogP contribution in [0.1, 0.15) is 23.0 Å². The monoisotopic (exact) mass is 352 g/mol. The Hall–Kier alpha value is -2.54. The molecule has 2 aromatic heterocycles. The molecule has 2 heterocycles. The van der Waals surface area contributed by atoms with Crippen LogP contribution < -0.4 is 0 Å². The molecular weight excluding hydrogens is 336 g/mol. The third-order valence-corrected chi connectivity index (χ3v) is 4.96. The Morgan fingerprint density at radius 2 is 1.72 bits per heavy atom. The second-order valence-electron chi connectivity index (χ2n) is 5.97. The smallest absolute Gasteiger partial charge is 0.209 e. The summed E-state index contributed by atoms with van der Waals surface area (Å²) in [4.78, 5) is 4.57. The summed E-state index contributed by atoms with van der Waals surface area (Å²) in [6.45, 7) is 4.07. The van der Waals surface area contributed by atoms with Crippen LogP contribution >= 0.6 is 11.5 Å². The quantitative estimate of drug-likeness (QED) is 0.540. The number of hydrogen-bond donors (Lipinski definition) is 2. The Balaban J connectivity index is 1.72. The summed E-state index contributed by atoms with van der Waals surface area (Å²) in [5, 5.41) is 20.2. The maximum Gasteiger partial charge on any atom is 0.209 e. The summed E-state index contributed by atoms with van der Waals surface area (Å²) in [5.41, 5.74) is 4.42. The lowest BCUT2D eigenvalue weighted by Gasteiger charge is -2.03. The van der Waals surface area contributed by atoms with Crippen LogP contribution in [0, 0.1) is 13.8 Å². The van der Waals surface area contributed by atoms with Gasteiger partial charge in [-0.3, -0.25) is 0 Å². The van der Waals surface area contributed by atoms with Crippen molar-refractivity contribution in [2.75, 3.05) is 0 Å². The SMILES string of the molecule is Cc1ccc(C)c2oc(-c3nsc(-c4ccc(C(O)O)cc4)n3)cc12. The van der Waals surface area contributed by atoms with E-state index in [1.54, 1.807) is 24.3 Å². The van der Waals surface area contributed by atoms with Gasteiger partial charge in [0.15, 0.2) is 12.1 Å². The van der Waals surface area contributed by atoms with Crippen molar-refractivity contribution < 1.29 is 14.6 Å². The van der Waals surface area contributed by atoms with E-state index in [-0.39, 0.29) is 0 Å². The van der Waals surface area contributed by atoms with E-state index in [2.05, 4.69) is 22.3 Å². The number of aliphatic hydroxyl groups is 2. The minimum absolute atomic E-state index is 0.441. The molecular formula is C19H16N2O3S. The highest BCUT2D eigenvalue weighted by atomic mass is 32.1. The number of aromatic nitrogens is 2. The van der Waals surface area contributed by atoms with Crippen molar-refractivity contribution in [3.8, 4) is 22.2 Å². The fourth-order valence-electron chi connectivity index (χ4n) is 2.74. The Kier molecular flexibility index (Phi) is 3.88. The Bertz CT molecular complexity index is 1010. The van der Waals surface area contributed by atoms with Gasteiger partial charge in [-0.15, -0.1) is 0 Å². The number of furan rings is 1. The van der Waals surface area contributed by atoms with Gasteiger partial charge in [-0.2, -0.15) is 4.37 Å². The van der Waals surface area contributed by atoms with Crippen LogP contribution in [0.2, 0.25) is 0 Å². The largest absolute Gasteiger partial charge is 0.452 e. The van der Waals surface area contributed by atoms with Crippen LogP contribution in [0.3, 0.4) is 0 Å². The number of fused-ring (bicyclic) bond motifs is 1. The van der Waals surface area contributed by atoms with Gasteiger partial charge in [0.1, 0.15) is 10.6 Å². The molecule has 0 amide bonds. The lowest BCUT2D eigenvalue weighted by Crippen LogP contribution is -1.93. The van der Waals surface area contributed by atoms with Gasteiger partial charge < -0.3 is 14.6 Å². The number of nitrogens with zero attached hydrogens (tertiary/aromatic N) is 2. The van der Waals surface area contributed by atoms with E-state index < -0.39 is 6.29 Å². The molecule has 4 rings (SSSR count). The molecule has 4 aromatic rings. The van der Waals surface area contributed by atoms with Crippen molar-refractivity contribution in [2.24, 2.45) is 0 Å². The maximum absolute atomic E-state index is 9.17. The van der Waals surface area contributed by atoms with Crippen LogP contribution in [0.4, 0.5) is 0 Å². The molecule has 0 aliphatic carbocycles. The van der Waals surface area contributed by atoms with E-state index in [9.17, 15) is 0 Å². The third-order valence-electron chi connectivity index (χ3n) is 4.20. The summed E-state index contributed by atoms with van der Waals surface area (Å²) < 4.78 is 10.4. The Morgan fingerprint density at radius 1 is 1.00 bits per heavy atom. The molecule has 0 fully saturated rings. The highest BCUT2D eigenvalue weighted by molar-refractivity contribution is 7.09. The number of hydrogen-bond acceptors (Lipinski definition) is 6. The van der Waals surface area contributed by atoms with E-state index in [1.165, 1.54) is 11.5 Å². The summed E-state index contributed by atoms with van der Waals surface area (Å²) in [7, 11) is 0. The highest BCUT2D eigenvalue weighted by Crippen LogP contribution is 2.32. The second kappa shape index (κ2) is 6.07. The molecule has 0 radical (unpaired) electrons. The molecule has 0 saturated heterocycles. The van der Waals surface area contributed by atoms with Crippen molar-refractivity contribution in [1.82, 2.24) is 9.36 Å². The van der Waals surface area contributed by atoms with Crippen LogP contribution in [-0.2, 0) is 0 Å². The first-order valence-corrected chi connectivity index (χ1v) is 8.60. The minimum atomic E-state index is -1.47. The third kappa shape index (κ3) is 2.84. The summed E-state index contributed by atoms with van der Waals surface area (Å²) in [5.74, 6) is 1.21. The molecule has 6 heteroatoms. The predicted molar refractivity (Wildman–Crippen MR) is 97.2 cm³/mol. The molecule has 2 aromatic carbocycles. The zero-order valence-electron chi connectivity index (χ0n) is 13.7. The van der Waals surface area contributed by atoms with E-state index >= 15 is 0 Å². The number of benzene rings is 2. The molecule has 0 atom stereocenters. The molecule has 25 heavy (non-hydrogen) atoms. The number of rotatable bonds is 3. The van der Waals surface area contributed by atoms with Crippen molar-refractivity contribution in [2.45, 2.75) is 20.1 Å². The van der Waals surface area contributed by atoms with Gasteiger partial charge in [-0.25, -0.2) is 4.98 Å². The van der Waals surface area contributed by atoms with Gasteiger partial charge in [-0.05, 0) is 42.6 Å². The van der Waals surface area contributed by atoms with Crippen LogP contribution in [0.25, 0.3) is 33.1 Å². The number of aliphatic hydroxyl groups excluding tert-OH is 1. The molecule has 0 aliphatic rings. The second-order valence-corrected chi connectivity index (χ2v) is 6.72. The molecule has 0 spiro atoms. The van der Waals surface area contributed by atoms with Crippen LogP contribution in [-0.4, -0.2) is 19.6 Å². The van der Waals surface area contributed by atoms with Crippen molar-refractivity contribution >= 4 is 22.5 Å². The van der Waals surface area contributed by atoms with Crippen LogP contribution in [0.5, 0.6) is 0 Å². The van der Waals surface area contributed by atoms with Gasteiger partial charge in [0, 0.05) is 16.5 Å². The molecule has 2 N–H and O–H groups in total. The summed E-state index contributed by atoms with van der Waals surface area (Å²) >= 11 is 1.28. The Labute approximate surface area is 148 Å². The van der Waals surface area contributed by atoms with Gasteiger partial charge in [-0.1, -0.05) is 36.4 Å².